The summed E-state index contributed by atoms with van der Waals surface area (Å²) in [5.41, 5.74) is 3.54. The zero-order valence-corrected chi connectivity index (χ0v) is 15.8. The summed E-state index contributed by atoms with van der Waals surface area (Å²) < 4.78 is 3.66. The van der Waals surface area contributed by atoms with Crippen molar-refractivity contribution in [1.82, 2.24) is 39.4 Å². The summed E-state index contributed by atoms with van der Waals surface area (Å²) in [4.78, 5) is 21.7. The summed E-state index contributed by atoms with van der Waals surface area (Å²) in [5.74, 6) is 0.0365. The summed E-state index contributed by atoms with van der Waals surface area (Å²) in [6.07, 6.45) is 5.48. The Labute approximate surface area is 167 Å². The Balaban J connectivity index is 1.24. The average molecular weight is 388 g/mol. The zero-order valence-electron chi connectivity index (χ0n) is 15.8. The van der Waals surface area contributed by atoms with Crippen molar-refractivity contribution < 1.29 is 4.79 Å². The number of benzene rings is 1. The van der Waals surface area contributed by atoms with E-state index < -0.39 is 0 Å². The van der Waals surface area contributed by atoms with Crippen LogP contribution in [0.1, 0.15) is 16.1 Å². The molecule has 146 valence electrons. The van der Waals surface area contributed by atoms with E-state index >= 15 is 0 Å². The van der Waals surface area contributed by atoms with Crippen molar-refractivity contribution in [1.29, 1.82) is 0 Å². The number of amides is 1. The lowest BCUT2D eigenvalue weighted by Crippen LogP contribution is -2.48. The number of fused-ring (bicyclic) bond motifs is 1. The number of rotatable bonds is 4. The predicted octanol–water partition coefficient (Wildman–Crippen LogP) is 1.27. The number of hydrogen-bond acceptors (Lipinski definition) is 6. The van der Waals surface area contributed by atoms with Gasteiger partial charge in [0.05, 0.1) is 17.6 Å². The van der Waals surface area contributed by atoms with E-state index in [2.05, 4.69) is 29.8 Å². The molecule has 4 aromatic rings. The maximum atomic E-state index is 13.0. The van der Waals surface area contributed by atoms with E-state index in [1.165, 1.54) is 6.33 Å². The van der Waals surface area contributed by atoms with Gasteiger partial charge in [-0.15, -0.1) is 5.10 Å². The number of piperazine rings is 1. The lowest BCUT2D eigenvalue weighted by Gasteiger charge is -2.34. The zero-order chi connectivity index (χ0) is 19.6. The minimum absolute atomic E-state index is 0.0365. The van der Waals surface area contributed by atoms with E-state index in [9.17, 15) is 4.79 Å². The molecule has 0 aliphatic carbocycles. The van der Waals surface area contributed by atoms with Crippen LogP contribution in [-0.2, 0) is 6.54 Å². The molecule has 29 heavy (non-hydrogen) atoms. The fourth-order valence-corrected chi connectivity index (χ4v) is 3.68. The molecule has 0 atom stereocenters. The second-order valence-electron chi connectivity index (χ2n) is 7.05. The second-order valence-corrected chi connectivity index (χ2v) is 7.05. The van der Waals surface area contributed by atoms with Crippen molar-refractivity contribution in [2.75, 3.05) is 26.2 Å². The number of imidazole rings is 1. The molecule has 0 bridgehead atoms. The van der Waals surface area contributed by atoms with Crippen molar-refractivity contribution in [3.8, 4) is 5.69 Å². The fourth-order valence-electron chi connectivity index (χ4n) is 3.68. The van der Waals surface area contributed by atoms with E-state index in [1.54, 1.807) is 4.68 Å². The first-order valence-electron chi connectivity index (χ1n) is 9.54. The molecule has 9 nitrogen and oxygen atoms in total. The number of carbonyl (C=O) groups is 1. The van der Waals surface area contributed by atoms with Gasteiger partial charge >= 0.3 is 0 Å². The van der Waals surface area contributed by atoms with Gasteiger partial charge in [0.2, 0.25) is 0 Å². The Morgan fingerprint density at radius 1 is 1.03 bits per heavy atom. The SMILES string of the molecule is O=C(c1cccc(-n2cnnn2)c1)N1CCN(Cc2cnc3ccccn23)CC1. The van der Waals surface area contributed by atoms with E-state index in [1.807, 2.05) is 59.8 Å². The van der Waals surface area contributed by atoms with Crippen LogP contribution in [0, 0.1) is 0 Å². The molecule has 0 saturated carbocycles. The molecule has 4 heterocycles. The van der Waals surface area contributed by atoms with Gasteiger partial charge in [-0.25, -0.2) is 9.67 Å². The third-order valence-corrected chi connectivity index (χ3v) is 5.25. The van der Waals surface area contributed by atoms with Gasteiger partial charge in [-0.1, -0.05) is 12.1 Å². The number of hydrogen-bond donors (Lipinski definition) is 0. The van der Waals surface area contributed by atoms with Crippen molar-refractivity contribution >= 4 is 11.6 Å². The number of aromatic nitrogens is 6. The number of nitrogens with zero attached hydrogens (tertiary/aromatic N) is 8. The van der Waals surface area contributed by atoms with Gasteiger partial charge in [-0.05, 0) is 40.8 Å². The molecule has 1 amide bonds. The van der Waals surface area contributed by atoms with Crippen molar-refractivity contribution in [3.63, 3.8) is 0 Å². The summed E-state index contributed by atoms with van der Waals surface area (Å²) in [6.45, 7) is 3.88. The largest absolute Gasteiger partial charge is 0.336 e. The van der Waals surface area contributed by atoms with Gasteiger partial charge in [0.15, 0.2) is 0 Å². The van der Waals surface area contributed by atoms with Crippen molar-refractivity contribution in [2.45, 2.75) is 6.54 Å². The molecule has 0 N–H and O–H groups in total. The number of tetrazole rings is 1. The van der Waals surface area contributed by atoms with Gasteiger partial charge in [-0.2, -0.15) is 0 Å². The molecule has 1 aromatic carbocycles. The molecule has 5 rings (SSSR count). The monoisotopic (exact) mass is 388 g/mol. The van der Waals surface area contributed by atoms with Crippen LogP contribution >= 0.6 is 0 Å². The second kappa shape index (κ2) is 7.44. The maximum Gasteiger partial charge on any atom is 0.254 e. The molecule has 0 unspecified atom stereocenters. The van der Waals surface area contributed by atoms with Gasteiger partial charge < -0.3 is 9.30 Å². The third-order valence-electron chi connectivity index (χ3n) is 5.25. The Morgan fingerprint density at radius 2 is 1.93 bits per heavy atom. The molecule has 3 aromatic heterocycles. The fraction of sp³-hybridized carbons (Fsp3) is 0.250. The first-order valence-corrected chi connectivity index (χ1v) is 9.54. The maximum absolute atomic E-state index is 13.0. The highest BCUT2D eigenvalue weighted by Gasteiger charge is 2.23. The topological polar surface area (TPSA) is 84.5 Å². The Morgan fingerprint density at radius 3 is 2.76 bits per heavy atom. The van der Waals surface area contributed by atoms with Crippen LogP contribution in [0.5, 0.6) is 0 Å². The molecule has 0 radical (unpaired) electrons. The van der Waals surface area contributed by atoms with E-state index in [0.29, 0.717) is 18.7 Å². The summed E-state index contributed by atoms with van der Waals surface area (Å²) in [5, 5.41) is 11.2. The number of pyridine rings is 1. The predicted molar refractivity (Wildman–Crippen MR) is 106 cm³/mol. The third kappa shape index (κ3) is 3.47. The molecular formula is C20H20N8O. The van der Waals surface area contributed by atoms with E-state index in [4.69, 9.17) is 0 Å². The van der Waals surface area contributed by atoms with Gasteiger partial charge in [0, 0.05) is 44.5 Å². The number of carbonyl (C=O) groups excluding carboxylic acids is 1. The van der Waals surface area contributed by atoms with Crippen LogP contribution in [0.4, 0.5) is 0 Å². The van der Waals surface area contributed by atoms with E-state index in [-0.39, 0.29) is 5.91 Å². The first-order chi connectivity index (χ1) is 14.3. The average Bonchev–Trinajstić information content (AvgIpc) is 3.45. The Bertz CT molecular complexity index is 1130. The summed E-state index contributed by atoms with van der Waals surface area (Å²) in [7, 11) is 0. The normalized spacial score (nSPS) is 15.1. The standard InChI is InChI=1S/C20H20N8O/c29-20(16-4-3-5-17(12-16)28-15-22-23-24-28)26-10-8-25(9-11-26)14-18-13-21-19-6-1-2-7-27(18)19/h1-7,12-13,15H,8-11,14H2. The minimum atomic E-state index is 0.0365. The lowest BCUT2D eigenvalue weighted by atomic mass is 10.1. The lowest BCUT2D eigenvalue weighted by molar-refractivity contribution is 0.0626. The van der Waals surface area contributed by atoms with Gasteiger partial charge in [0.1, 0.15) is 12.0 Å². The Kier molecular flexibility index (Phi) is 4.49. The van der Waals surface area contributed by atoms with Gasteiger partial charge in [-0.3, -0.25) is 9.69 Å². The van der Waals surface area contributed by atoms with Crippen LogP contribution in [0.15, 0.2) is 61.2 Å². The molecule has 1 aliphatic rings. The highest BCUT2D eigenvalue weighted by molar-refractivity contribution is 5.94. The molecule has 0 spiro atoms. The highest BCUT2D eigenvalue weighted by atomic mass is 16.2. The quantitative estimate of drug-likeness (QED) is 0.523. The summed E-state index contributed by atoms with van der Waals surface area (Å²) >= 11 is 0. The summed E-state index contributed by atoms with van der Waals surface area (Å²) in [6, 6.07) is 13.4. The van der Waals surface area contributed by atoms with Crippen LogP contribution in [0.3, 0.4) is 0 Å². The molecular weight excluding hydrogens is 368 g/mol. The van der Waals surface area contributed by atoms with Crippen LogP contribution in [-0.4, -0.2) is 71.5 Å². The van der Waals surface area contributed by atoms with Crippen LogP contribution in [0.2, 0.25) is 0 Å². The Hall–Kier alpha value is -3.59. The van der Waals surface area contributed by atoms with Gasteiger partial charge in [0.25, 0.3) is 5.91 Å². The van der Waals surface area contributed by atoms with Crippen LogP contribution in [0.25, 0.3) is 11.3 Å². The molecule has 1 fully saturated rings. The van der Waals surface area contributed by atoms with E-state index in [0.717, 1.165) is 36.7 Å². The van der Waals surface area contributed by atoms with Crippen molar-refractivity contribution in [2.24, 2.45) is 0 Å². The first kappa shape index (κ1) is 17.5. The molecule has 1 aliphatic heterocycles. The van der Waals surface area contributed by atoms with Crippen LogP contribution < -0.4 is 0 Å². The smallest absolute Gasteiger partial charge is 0.254 e. The van der Waals surface area contributed by atoms with Crippen molar-refractivity contribution in [3.05, 3.63) is 72.4 Å². The molecule has 9 heteroatoms. The molecule has 1 saturated heterocycles. The highest BCUT2D eigenvalue weighted by Crippen LogP contribution is 2.15. The minimum Gasteiger partial charge on any atom is -0.336 e.